The van der Waals surface area contributed by atoms with E-state index in [0.717, 1.165) is 48.1 Å². The van der Waals surface area contributed by atoms with Crippen molar-refractivity contribution in [3.8, 4) is 5.75 Å². The fourth-order valence-electron chi connectivity index (χ4n) is 4.97. The Hall–Kier alpha value is -4.51. The van der Waals surface area contributed by atoms with Crippen molar-refractivity contribution in [1.82, 2.24) is 14.7 Å². The number of nitrogen functional groups attached to an aromatic ring is 1. The average molecular weight is 545 g/mol. The van der Waals surface area contributed by atoms with Crippen LogP contribution in [-0.4, -0.2) is 40.2 Å². The number of para-hydroxylation sites is 2. The first-order valence-corrected chi connectivity index (χ1v) is 13.3. The molecule has 39 heavy (non-hydrogen) atoms. The third-order valence-corrected chi connectivity index (χ3v) is 7.72. The SMILES string of the molecule is COc1ccccc1N(C(=O)c1snc(C(N)=O)c1N)[C@H](C(=O)NC1CCCC1)c1ccc2ncccc2c1. The van der Waals surface area contributed by atoms with Gasteiger partial charge in [-0.1, -0.05) is 37.1 Å². The number of carbonyl (C=O) groups is 3. The normalized spacial score (nSPS) is 14.2. The zero-order valence-corrected chi connectivity index (χ0v) is 22.1. The highest BCUT2D eigenvalue weighted by atomic mass is 32.1. The maximum absolute atomic E-state index is 14.3. The number of fused-ring (bicyclic) bond motifs is 1. The zero-order chi connectivity index (χ0) is 27.5. The minimum atomic E-state index is -1.10. The van der Waals surface area contributed by atoms with Gasteiger partial charge in [0, 0.05) is 17.6 Å². The molecule has 3 amide bonds. The van der Waals surface area contributed by atoms with Gasteiger partial charge in [-0.25, -0.2) is 0 Å². The number of pyridine rings is 1. The Balaban J connectivity index is 1.70. The van der Waals surface area contributed by atoms with Gasteiger partial charge in [-0.3, -0.25) is 24.3 Å². The van der Waals surface area contributed by atoms with Crippen LogP contribution < -0.4 is 26.4 Å². The number of nitrogens with two attached hydrogens (primary N) is 2. The number of carbonyl (C=O) groups excluding carboxylic acids is 3. The van der Waals surface area contributed by atoms with Crippen molar-refractivity contribution in [2.24, 2.45) is 5.73 Å². The number of hydrogen-bond acceptors (Lipinski definition) is 8. The van der Waals surface area contributed by atoms with Crippen LogP contribution in [0.3, 0.4) is 0 Å². The van der Waals surface area contributed by atoms with E-state index >= 15 is 0 Å². The van der Waals surface area contributed by atoms with Crippen molar-refractivity contribution in [3.63, 3.8) is 0 Å². The number of ether oxygens (including phenoxy) is 1. The van der Waals surface area contributed by atoms with Gasteiger partial charge >= 0.3 is 0 Å². The van der Waals surface area contributed by atoms with E-state index in [2.05, 4.69) is 14.7 Å². The molecule has 0 bridgehead atoms. The molecule has 1 saturated carbocycles. The molecule has 200 valence electrons. The van der Waals surface area contributed by atoms with Gasteiger partial charge < -0.3 is 21.5 Å². The maximum Gasteiger partial charge on any atom is 0.273 e. The molecular weight excluding hydrogens is 516 g/mol. The molecule has 11 heteroatoms. The number of primary amides is 1. The molecule has 0 saturated heterocycles. The Morgan fingerprint density at radius 3 is 2.59 bits per heavy atom. The van der Waals surface area contributed by atoms with Crippen molar-refractivity contribution >= 4 is 51.5 Å². The molecule has 0 aliphatic heterocycles. The Morgan fingerprint density at radius 2 is 1.87 bits per heavy atom. The lowest BCUT2D eigenvalue weighted by molar-refractivity contribution is -0.123. The van der Waals surface area contributed by atoms with Crippen LogP contribution in [0, 0.1) is 0 Å². The third kappa shape index (κ3) is 5.13. The highest BCUT2D eigenvalue weighted by molar-refractivity contribution is 7.09. The molecule has 5 N–H and O–H groups in total. The second-order valence-corrected chi connectivity index (χ2v) is 10.1. The second kappa shape index (κ2) is 11.1. The van der Waals surface area contributed by atoms with E-state index in [-0.39, 0.29) is 28.2 Å². The van der Waals surface area contributed by atoms with Crippen LogP contribution in [0.25, 0.3) is 10.9 Å². The zero-order valence-electron chi connectivity index (χ0n) is 21.3. The van der Waals surface area contributed by atoms with Gasteiger partial charge in [-0.2, -0.15) is 4.37 Å². The van der Waals surface area contributed by atoms with E-state index in [0.29, 0.717) is 17.0 Å². The molecule has 4 aromatic rings. The number of methoxy groups -OCH3 is 1. The molecule has 0 radical (unpaired) electrons. The molecule has 2 heterocycles. The minimum Gasteiger partial charge on any atom is -0.495 e. The summed E-state index contributed by atoms with van der Waals surface area (Å²) in [5.41, 5.74) is 13.0. The smallest absolute Gasteiger partial charge is 0.273 e. The first-order chi connectivity index (χ1) is 18.9. The van der Waals surface area contributed by atoms with Gasteiger partial charge in [-0.05, 0) is 60.3 Å². The lowest BCUT2D eigenvalue weighted by atomic mass is 9.99. The summed E-state index contributed by atoms with van der Waals surface area (Å²) >= 11 is 0.759. The van der Waals surface area contributed by atoms with Gasteiger partial charge in [-0.15, -0.1) is 0 Å². The van der Waals surface area contributed by atoms with E-state index in [1.807, 2.05) is 24.3 Å². The summed E-state index contributed by atoms with van der Waals surface area (Å²) in [5, 5.41) is 3.97. The summed E-state index contributed by atoms with van der Waals surface area (Å²) in [5.74, 6) is -1.42. The number of rotatable bonds is 8. The number of aromatic nitrogens is 2. The van der Waals surface area contributed by atoms with Crippen LogP contribution in [0.1, 0.15) is 57.4 Å². The average Bonchev–Trinajstić information content (AvgIpc) is 3.60. The number of amides is 3. The largest absolute Gasteiger partial charge is 0.495 e. The summed E-state index contributed by atoms with van der Waals surface area (Å²) in [7, 11) is 1.49. The highest BCUT2D eigenvalue weighted by Gasteiger charge is 2.38. The fraction of sp³-hybridized carbons (Fsp3) is 0.250. The van der Waals surface area contributed by atoms with Crippen molar-refractivity contribution in [3.05, 3.63) is 76.9 Å². The summed E-state index contributed by atoms with van der Waals surface area (Å²) in [6, 6.07) is 15.0. The molecule has 1 fully saturated rings. The molecule has 5 rings (SSSR count). The number of benzene rings is 2. The number of anilines is 2. The van der Waals surface area contributed by atoms with E-state index in [9.17, 15) is 14.4 Å². The lowest BCUT2D eigenvalue weighted by Crippen LogP contribution is -2.46. The summed E-state index contributed by atoms with van der Waals surface area (Å²) in [6.45, 7) is 0. The van der Waals surface area contributed by atoms with Crippen LogP contribution in [0.4, 0.5) is 11.4 Å². The lowest BCUT2D eigenvalue weighted by Gasteiger charge is -2.33. The van der Waals surface area contributed by atoms with Crippen LogP contribution in [-0.2, 0) is 4.79 Å². The predicted molar refractivity (Wildman–Crippen MR) is 150 cm³/mol. The maximum atomic E-state index is 14.3. The molecule has 0 unspecified atom stereocenters. The van der Waals surface area contributed by atoms with Crippen LogP contribution >= 0.6 is 11.5 Å². The second-order valence-electron chi connectivity index (χ2n) is 9.33. The van der Waals surface area contributed by atoms with Crippen molar-refractivity contribution < 1.29 is 19.1 Å². The topological polar surface area (TPSA) is 154 Å². The van der Waals surface area contributed by atoms with Crippen LogP contribution in [0.2, 0.25) is 0 Å². The minimum absolute atomic E-state index is 0.00386. The summed E-state index contributed by atoms with van der Waals surface area (Å²) in [4.78, 5) is 46.0. The van der Waals surface area contributed by atoms with Gasteiger partial charge in [0.15, 0.2) is 5.69 Å². The molecule has 0 spiro atoms. The third-order valence-electron chi connectivity index (χ3n) is 6.87. The number of hydrogen-bond donors (Lipinski definition) is 3. The highest BCUT2D eigenvalue weighted by Crippen LogP contribution is 2.38. The van der Waals surface area contributed by atoms with E-state index in [1.54, 1.807) is 36.5 Å². The first kappa shape index (κ1) is 26.1. The Bertz CT molecular complexity index is 1550. The van der Waals surface area contributed by atoms with Gasteiger partial charge in [0.25, 0.3) is 11.8 Å². The predicted octanol–water partition coefficient (Wildman–Crippen LogP) is 3.83. The Kier molecular flexibility index (Phi) is 7.42. The molecule has 1 aliphatic carbocycles. The summed E-state index contributed by atoms with van der Waals surface area (Å²) in [6.07, 6.45) is 5.48. The van der Waals surface area contributed by atoms with Gasteiger partial charge in [0.05, 0.1) is 24.0 Å². The van der Waals surface area contributed by atoms with E-state index in [1.165, 1.54) is 12.0 Å². The molecule has 2 aromatic heterocycles. The Morgan fingerprint density at radius 1 is 1.10 bits per heavy atom. The Labute approximate surface area is 229 Å². The monoisotopic (exact) mass is 544 g/mol. The van der Waals surface area contributed by atoms with E-state index < -0.39 is 17.9 Å². The number of nitrogens with one attached hydrogen (secondary N) is 1. The molecule has 2 aromatic carbocycles. The molecule has 1 aliphatic rings. The molecule has 1 atom stereocenters. The molecule has 10 nitrogen and oxygen atoms in total. The van der Waals surface area contributed by atoms with Gasteiger partial charge in [0.1, 0.15) is 16.7 Å². The van der Waals surface area contributed by atoms with Crippen molar-refractivity contribution in [1.29, 1.82) is 0 Å². The fourth-order valence-corrected chi connectivity index (χ4v) is 5.71. The van der Waals surface area contributed by atoms with Crippen LogP contribution in [0.15, 0.2) is 60.8 Å². The first-order valence-electron chi connectivity index (χ1n) is 12.6. The van der Waals surface area contributed by atoms with Crippen LogP contribution in [0.5, 0.6) is 5.75 Å². The van der Waals surface area contributed by atoms with E-state index in [4.69, 9.17) is 16.2 Å². The van der Waals surface area contributed by atoms with Crippen molar-refractivity contribution in [2.45, 2.75) is 37.8 Å². The standard InChI is InChI=1S/C28H28N6O4S/c1-38-21-11-5-4-10-20(21)34(28(37)25-22(29)23(26(30)35)33-39-25)24(27(36)32-18-8-2-3-9-18)17-12-13-19-16(15-17)7-6-14-31-19/h4-7,10-15,18,24H,2-3,8-9,29H2,1H3,(H2,30,35)(H,32,36)/t24-/m0/s1. The number of nitrogens with zero attached hydrogens (tertiary/aromatic N) is 3. The summed E-state index contributed by atoms with van der Waals surface area (Å²) < 4.78 is 9.61. The molecular formula is C28H28N6O4S. The van der Waals surface area contributed by atoms with Gasteiger partial charge in [0.2, 0.25) is 5.91 Å². The quantitative estimate of drug-likeness (QED) is 0.305. The van der Waals surface area contributed by atoms with Crippen molar-refractivity contribution in [2.75, 3.05) is 17.7 Å².